The summed E-state index contributed by atoms with van der Waals surface area (Å²) < 4.78 is 10.9. The Balaban J connectivity index is 2.10. The van der Waals surface area contributed by atoms with Crippen LogP contribution in [0.5, 0.6) is 5.75 Å². The highest BCUT2D eigenvalue weighted by Crippen LogP contribution is 2.30. The monoisotopic (exact) mass is 282 g/mol. The first kappa shape index (κ1) is 14.9. The Labute approximate surface area is 124 Å². The fraction of sp³-hybridized carbons (Fsp3) is 0.167. The lowest BCUT2D eigenvalue weighted by molar-refractivity contribution is -0.139. The van der Waals surface area contributed by atoms with Gasteiger partial charge in [0.2, 0.25) is 0 Å². The third-order valence-electron chi connectivity index (χ3n) is 2.93. The van der Waals surface area contributed by atoms with Crippen LogP contribution >= 0.6 is 0 Å². The summed E-state index contributed by atoms with van der Waals surface area (Å²) in [6.45, 7) is 5.41. The first-order valence-corrected chi connectivity index (χ1v) is 6.81. The second-order valence-corrected chi connectivity index (χ2v) is 4.62. The van der Waals surface area contributed by atoms with E-state index in [0.717, 1.165) is 23.0 Å². The highest BCUT2D eigenvalue weighted by Gasteiger charge is 2.10. The molecule has 0 fully saturated rings. The van der Waals surface area contributed by atoms with E-state index in [4.69, 9.17) is 9.47 Å². The van der Waals surface area contributed by atoms with Gasteiger partial charge in [-0.2, -0.15) is 0 Å². The van der Waals surface area contributed by atoms with E-state index in [1.54, 1.807) is 0 Å². The highest BCUT2D eigenvalue weighted by molar-refractivity contribution is 5.81. The number of hydrogen-bond acceptors (Lipinski definition) is 3. The van der Waals surface area contributed by atoms with Gasteiger partial charge < -0.3 is 9.47 Å². The van der Waals surface area contributed by atoms with Crippen LogP contribution in [0.25, 0.3) is 11.1 Å². The van der Waals surface area contributed by atoms with Crippen LogP contribution in [0.2, 0.25) is 0 Å². The first-order valence-electron chi connectivity index (χ1n) is 6.81. The van der Waals surface area contributed by atoms with Crippen LogP contribution in [-0.2, 0) is 9.53 Å². The number of carbonyl (C=O) groups excluding carboxylic acids is 1. The topological polar surface area (TPSA) is 35.5 Å². The van der Waals surface area contributed by atoms with Gasteiger partial charge in [-0.25, -0.2) is 4.79 Å². The van der Waals surface area contributed by atoms with Crippen LogP contribution < -0.4 is 4.74 Å². The smallest absolute Gasteiger partial charge is 0.330 e. The number of hydrogen-bond donors (Lipinski definition) is 0. The predicted molar refractivity (Wildman–Crippen MR) is 83.1 cm³/mol. The first-order chi connectivity index (χ1) is 10.2. The van der Waals surface area contributed by atoms with Gasteiger partial charge in [0.15, 0.2) is 0 Å². The molecule has 0 aromatic heterocycles. The molecule has 2 aromatic rings. The van der Waals surface area contributed by atoms with Gasteiger partial charge in [-0.3, -0.25) is 0 Å². The molecule has 1 atom stereocenters. The molecular formula is C18H18O3. The number of carbonyl (C=O) groups is 1. The second-order valence-electron chi connectivity index (χ2n) is 4.62. The maximum atomic E-state index is 11.1. The summed E-state index contributed by atoms with van der Waals surface area (Å²) in [6, 6.07) is 17.8. The maximum Gasteiger partial charge on any atom is 0.330 e. The lowest BCUT2D eigenvalue weighted by Gasteiger charge is -2.17. The van der Waals surface area contributed by atoms with E-state index in [9.17, 15) is 4.79 Å². The SMILES string of the molecule is C=CC(=O)OCC(C)Oc1ccccc1-c1ccccc1. The number of para-hydroxylation sites is 1. The summed E-state index contributed by atoms with van der Waals surface area (Å²) in [6.07, 6.45) is 0.906. The third-order valence-corrected chi connectivity index (χ3v) is 2.93. The molecule has 0 saturated heterocycles. The number of esters is 1. The molecule has 108 valence electrons. The molecule has 0 spiro atoms. The molecule has 2 aromatic carbocycles. The second kappa shape index (κ2) is 7.29. The Hall–Kier alpha value is -2.55. The minimum Gasteiger partial charge on any atom is -0.487 e. The van der Waals surface area contributed by atoms with Gasteiger partial charge in [-0.05, 0) is 18.6 Å². The fourth-order valence-corrected chi connectivity index (χ4v) is 1.93. The Morgan fingerprint density at radius 2 is 1.81 bits per heavy atom. The summed E-state index contributed by atoms with van der Waals surface area (Å²) in [5.74, 6) is 0.327. The highest BCUT2D eigenvalue weighted by atomic mass is 16.6. The van der Waals surface area contributed by atoms with Gasteiger partial charge in [-0.15, -0.1) is 0 Å². The molecule has 0 radical (unpaired) electrons. The Bertz CT molecular complexity index is 605. The molecule has 0 heterocycles. The normalized spacial score (nSPS) is 11.5. The van der Waals surface area contributed by atoms with Crippen molar-refractivity contribution in [2.24, 2.45) is 0 Å². The summed E-state index contributed by atoms with van der Waals surface area (Å²) in [7, 11) is 0. The quantitative estimate of drug-likeness (QED) is 0.596. The molecule has 21 heavy (non-hydrogen) atoms. The van der Waals surface area contributed by atoms with Crippen LogP contribution in [0.1, 0.15) is 6.92 Å². The molecule has 0 aliphatic heterocycles. The summed E-state index contributed by atoms with van der Waals surface area (Å²) in [5, 5.41) is 0. The van der Waals surface area contributed by atoms with Crippen molar-refractivity contribution in [3.05, 3.63) is 67.3 Å². The molecule has 0 saturated carbocycles. The van der Waals surface area contributed by atoms with E-state index in [1.807, 2.05) is 61.5 Å². The summed E-state index contributed by atoms with van der Waals surface area (Å²) in [5.41, 5.74) is 2.10. The van der Waals surface area contributed by atoms with Crippen molar-refractivity contribution in [3.8, 4) is 16.9 Å². The van der Waals surface area contributed by atoms with E-state index in [0.29, 0.717) is 0 Å². The van der Waals surface area contributed by atoms with Crippen molar-refractivity contribution in [2.45, 2.75) is 13.0 Å². The molecule has 0 aliphatic rings. The standard InChI is InChI=1S/C18H18O3/c1-3-18(19)20-13-14(2)21-17-12-8-7-11-16(17)15-9-5-4-6-10-15/h3-12,14H,1,13H2,2H3. The van der Waals surface area contributed by atoms with E-state index >= 15 is 0 Å². The van der Waals surface area contributed by atoms with Gasteiger partial charge in [-0.1, -0.05) is 55.1 Å². The Morgan fingerprint density at radius 1 is 1.14 bits per heavy atom. The van der Waals surface area contributed by atoms with Crippen molar-refractivity contribution in [2.75, 3.05) is 6.61 Å². The van der Waals surface area contributed by atoms with Gasteiger partial charge >= 0.3 is 5.97 Å². The largest absolute Gasteiger partial charge is 0.487 e. The number of benzene rings is 2. The van der Waals surface area contributed by atoms with Crippen molar-refractivity contribution >= 4 is 5.97 Å². The van der Waals surface area contributed by atoms with Crippen LogP contribution in [0, 0.1) is 0 Å². The Morgan fingerprint density at radius 3 is 2.52 bits per heavy atom. The van der Waals surface area contributed by atoms with E-state index in [2.05, 4.69) is 6.58 Å². The van der Waals surface area contributed by atoms with Crippen molar-refractivity contribution < 1.29 is 14.3 Å². The molecule has 0 aliphatic carbocycles. The molecule has 0 bridgehead atoms. The predicted octanol–water partition coefficient (Wildman–Crippen LogP) is 3.85. The number of rotatable bonds is 6. The molecule has 3 nitrogen and oxygen atoms in total. The Kier molecular flexibility index (Phi) is 5.16. The van der Waals surface area contributed by atoms with Crippen LogP contribution in [0.4, 0.5) is 0 Å². The van der Waals surface area contributed by atoms with E-state index in [-0.39, 0.29) is 12.7 Å². The van der Waals surface area contributed by atoms with Crippen molar-refractivity contribution in [1.29, 1.82) is 0 Å². The number of ether oxygens (including phenoxy) is 2. The van der Waals surface area contributed by atoms with Crippen molar-refractivity contribution in [1.82, 2.24) is 0 Å². The van der Waals surface area contributed by atoms with E-state index < -0.39 is 5.97 Å². The average molecular weight is 282 g/mol. The fourth-order valence-electron chi connectivity index (χ4n) is 1.93. The molecule has 0 amide bonds. The molecular weight excluding hydrogens is 264 g/mol. The molecule has 3 heteroatoms. The van der Waals surface area contributed by atoms with Crippen LogP contribution in [0.3, 0.4) is 0 Å². The zero-order chi connectivity index (χ0) is 15.1. The summed E-state index contributed by atoms with van der Waals surface area (Å²) in [4.78, 5) is 11.1. The zero-order valence-corrected chi connectivity index (χ0v) is 12.0. The van der Waals surface area contributed by atoms with Gasteiger partial charge in [0.1, 0.15) is 18.5 Å². The van der Waals surface area contributed by atoms with Crippen molar-refractivity contribution in [3.63, 3.8) is 0 Å². The lowest BCUT2D eigenvalue weighted by atomic mass is 10.0. The van der Waals surface area contributed by atoms with Crippen LogP contribution in [0.15, 0.2) is 67.3 Å². The minimum absolute atomic E-state index is 0.188. The lowest BCUT2D eigenvalue weighted by Crippen LogP contribution is -2.21. The third kappa shape index (κ3) is 4.21. The van der Waals surface area contributed by atoms with Gasteiger partial charge in [0.05, 0.1) is 0 Å². The zero-order valence-electron chi connectivity index (χ0n) is 12.0. The maximum absolute atomic E-state index is 11.1. The minimum atomic E-state index is -0.443. The van der Waals surface area contributed by atoms with Gasteiger partial charge in [0.25, 0.3) is 0 Å². The van der Waals surface area contributed by atoms with E-state index in [1.165, 1.54) is 0 Å². The average Bonchev–Trinajstić information content (AvgIpc) is 2.54. The van der Waals surface area contributed by atoms with Crippen LogP contribution in [-0.4, -0.2) is 18.7 Å². The van der Waals surface area contributed by atoms with Gasteiger partial charge in [0, 0.05) is 11.6 Å². The summed E-state index contributed by atoms with van der Waals surface area (Å²) >= 11 is 0. The molecule has 2 rings (SSSR count). The molecule has 0 N–H and O–H groups in total. The molecule has 1 unspecified atom stereocenters.